The summed E-state index contributed by atoms with van der Waals surface area (Å²) >= 11 is 0. The highest BCUT2D eigenvalue weighted by molar-refractivity contribution is 5.94. The molecular formula is C22H27NO4. The number of carbonyl (C=O) groups excluding carboxylic acids is 2. The lowest BCUT2D eigenvalue weighted by molar-refractivity contribution is -0.121. The zero-order chi connectivity index (χ0) is 19.6. The van der Waals surface area contributed by atoms with E-state index in [0.717, 1.165) is 11.3 Å². The van der Waals surface area contributed by atoms with Crippen molar-refractivity contribution in [3.63, 3.8) is 0 Å². The second kappa shape index (κ2) is 10.4. The van der Waals surface area contributed by atoms with Gasteiger partial charge in [0, 0.05) is 12.0 Å². The minimum absolute atomic E-state index is 0.00749. The van der Waals surface area contributed by atoms with Gasteiger partial charge in [-0.2, -0.15) is 0 Å². The van der Waals surface area contributed by atoms with Gasteiger partial charge >= 0.3 is 0 Å². The third-order valence-electron chi connectivity index (χ3n) is 4.15. The number of Topliss-reactive ketones (excluding diaryl/α,β-unsaturated/α-hetero) is 1. The Labute approximate surface area is 160 Å². The minimum Gasteiger partial charge on any atom is -0.494 e. The molecular weight excluding hydrogens is 342 g/mol. The smallest absolute Gasteiger partial charge is 0.220 e. The standard InChI is InChI=1S/C22H27NO4/c1-4-26-20-11-7-18(8-12-20)16(2)23-22(25)6-5-15-27-21-13-9-19(10-14-21)17(3)24/h7-14,16H,4-6,15H2,1-3H3,(H,23,25). The van der Waals surface area contributed by atoms with E-state index in [-0.39, 0.29) is 17.7 Å². The van der Waals surface area contributed by atoms with Crippen LogP contribution in [0.3, 0.4) is 0 Å². The van der Waals surface area contributed by atoms with E-state index in [1.807, 2.05) is 38.1 Å². The molecule has 0 aliphatic rings. The number of ether oxygens (including phenoxy) is 2. The summed E-state index contributed by atoms with van der Waals surface area (Å²) in [5.74, 6) is 1.54. The van der Waals surface area contributed by atoms with E-state index < -0.39 is 0 Å². The van der Waals surface area contributed by atoms with Crippen LogP contribution in [-0.2, 0) is 4.79 Å². The normalized spacial score (nSPS) is 11.5. The molecule has 27 heavy (non-hydrogen) atoms. The molecule has 0 spiro atoms. The van der Waals surface area contributed by atoms with Crippen molar-refractivity contribution in [1.29, 1.82) is 0 Å². The molecule has 1 unspecified atom stereocenters. The fourth-order valence-corrected chi connectivity index (χ4v) is 2.62. The zero-order valence-electron chi connectivity index (χ0n) is 16.2. The zero-order valence-corrected chi connectivity index (χ0v) is 16.2. The van der Waals surface area contributed by atoms with Crippen molar-refractivity contribution in [2.24, 2.45) is 0 Å². The predicted octanol–water partition coefficient (Wildman–Crippen LogP) is 4.32. The third kappa shape index (κ3) is 6.77. The van der Waals surface area contributed by atoms with Crippen LogP contribution in [0.25, 0.3) is 0 Å². The molecule has 1 amide bonds. The van der Waals surface area contributed by atoms with E-state index in [9.17, 15) is 9.59 Å². The maximum Gasteiger partial charge on any atom is 0.220 e. The molecule has 1 N–H and O–H groups in total. The number of hydrogen-bond donors (Lipinski definition) is 1. The lowest BCUT2D eigenvalue weighted by Crippen LogP contribution is -2.26. The average Bonchev–Trinajstić information content (AvgIpc) is 2.66. The summed E-state index contributed by atoms with van der Waals surface area (Å²) in [5, 5.41) is 2.99. The number of hydrogen-bond acceptors (Lipinski definition) is 4. The number of carbonyl (C=O) groups is 2. The van der Waals surface area contributed by atoms with Crippen molar-refractivity contribution in [1.82, 2.24) is 5.32 Å². The van der Waals surface area contributed by atoms with Crippen LogP contribution in [0.2, 0.25) is 0 Å². The Hall–Kier alpha value is -2.82. The molecule has 0 fully saturated rings. The van der Waals surface area contributed by atoms with E-state index in [0.29, 0.717) is 37.4 Å². The number of rotatable bonds is 10. The van der Waals surface area contributed by atoms with Crippen molar-refractivity contribution in [3.05, 3.63) is 59.7 Å². The molecule has 0 saturated carbocycles. The molecule has 144 valence electrons. The highest BCUT2D eigenvalue weighted by Gasteiger charge is 2.10. The van der Waals surface area contributed by atoms with E-state index in [2.05, 4.69) is 5.32 Å². The van der Waals surface area contributed by atoms with Gasteiger partial charge in [0.2, 0.25) is 5.91 Å². The first kappa shape index (κ1) is 20.5. The molecule has 2 rings (SSSR count). The lowest BCUT2D eigenvalue weighted by Gasteiger charge is -2.15. The minimum atomic E-state index is -0.0618. The van der Waals surface area contributed by atoms with Crippen molar-refractivity contribution < 1.29 is 19.1 Å². The largest absolute Gasteiger partial charge is 0.494 e. The van der Waals surface area contributed by atoms with E-state index >= 15 is 0 Å². The molecule has 5 nitrogen and oxygen atoms in total. The van der Waals surface area contributed by atoms with E-state index in [1.54, 1.807) is 24.3 Å². The van der Waals surface area contributed by atoms with Gasteiger partial charge in [-0.3, -0.25) is 9.59 Å². The Kier molecular flexibility index (Phi) is 7.86. The topological polar surface area (TPSA) is 64.6 Å². The van der Waals surface area contributed by atoms with Crippen molar-refractivity contribution >= 4 is 11.7 Å². The van der Waals surface area contributed by atoms with Gasteiger partial charge in [-0.15, -0.1) is 0 Å². The van der Waals surface area contributed by atoms with Gasteiger partial charge in [0.15, 0.2) is 5.78 Å². The molecule has 2 aromatic carbocycles. The molecule has 5 heteroatoms. The molecule has 0 saturated heterocycles. The van der Waals surface area contributed by atoms with Crippen LogP contribution in [0, 0.1) is 0 Å². The molecule has 0 aromatic heterocycles. The fourth-order valence-electron chi connectivity index (χ4n) is 2.62. The molecule has 0 bridgehead atoms. The number of benzene rings is 2. The Bertz CT molecular complexity index is 738. The van der Waals surface area contributed by atoms with Crippen LogP contribution in [0.5, 0.6) is 11.5 Å². The summed E-state index contributed by atoms with van der Waals surface area (Å²) in [6, 6.07) is 14.7. The fraction of sp³-hybridized carbons (Fsp3) is 0.364. The summed E-state index contributed by atoms with van der Waals surface area (Å²) in [6.07, 6.45) is 1.02. The monoisotopic (exact) mass is 369 g/mol. The van der Waals surface area contributed by atoms with E-state index in [4.69, 9.17) is 9.47 Å². The second-order valence-electron chi connectivity index (χ2n) is 6.32. The molecule has 0 aliphatic heterocycles. The predicted molar refractivity (Wildman–Crippen MR) is 105 cm³/mol. The molecule has 2 aromatic rings. The summed E-state index contributed by atoms with van der Waals surface area (Å²) in [5.41, 5.74) is 1.69. The maximum absolute atomic E-state index is 12.1. The van der Waals surface area contributed by atoms with Crippen LogP contribution < -0.4 is 14.8 Å². The summed E-state index contributed by atoms with van der Waals surface area (Å²) < 4.78 is 11.0. The van der Waals surface area contributed by atoms with Gasteiger partial charge in [0.1, 0.15) is 11.5 Å². The quantitative estimate of drug-likeness (QED) is 0.500. The van der Waals surface area contributed by atoms with Crippen LogP contribution in [0.15, 0.2) is 48.5 Å². The van der Waals surface area contributed by atoms with Crippen LogP contribution in [0.1, 0.15) is 55.6 Å². The third-order valence-corrected chi connectivity index (χ3v) is 4.15. The van der Waals surface area contributed by atoms with E-state index in [1.165, 1.54) is 6.92 Å². The van der Waals surface area contributed by atoms with Gasteiger partial charge in [0.25, 0.3) is 0 Å². The first-order valence-electron chi connectivity index (χ1n) is 9.25. The maximum atomic E-state index is 12.1. The van der Waals surface area contributed by atoms with Crippen molar-refractivity contribution in [2.75, 3.05) is 13.2 Å². The number of nitrogens with one attached hydrogen (secondary N) is 1. The highest BCUT2D eigenvalue weighted by atomic mass is 16.5. The van der Waals surface area contributed by atoms with Crippen molar-refractivity contribution in [2.45, 2.75) is 39.7 Å². The Morgan fingerprint density at radius 3 is 2.15 bits per heavy atom. The molecule has 0 aliphatic carbocycles. The van der Waals surface area contributed by atoms with Crippen LogP contribution >= 0.6 is 0 Å². The number of ketones is 1. The molecule has 0 radical (unpaired) electrons. The molecule has 0 heterocycles. The summed E-state index contributed by atoms with van der Waals surface area (Å²) in [4.78, 5) is 23.3. The van der Waals surface area contributed by atoms with Crippen molar-refractivity contribution in [3.8, 4) is 11.5 Å². The van der Waals surface area contributed by atoms with Crippen LogP contribution in [0.4, 0.5) is 0 Å². The van der Waals surface area contributed by atoms with Gasteiger partial charge in [-0.25, -0.2) is 0 Å². The summed E-state index contributed by atoms with van der Waals surface area (Å²) in [6.45, 7) is 6.52. The lowest BCUT2D eigenvalue weighted by atomic mass is 10.1. The summed E-state index contributed by atoms with van der Waals surface area (Å²) in [7, 11) is 0. The Morgan fingerprint density at radius 1 is 0.963 bits per heavy atom. The van der Waals surface area contributed by atoms with Gasteiger partial charge < -0.3 is 14.8 Å². The average molecular weight is 369 g/mol. The first-order chi connectivity index (χ1) is 13.0. The van der Waals surface area contributed by atoms with Gasteiger partial charge in [0.05, 0.1) is 19.3 Å². The Balaban J connectivity index is 1.70. The molecule has 1 atom stereocenters. The Morgan fingerprint density at radius 2 is 1.56 bits per heavy atom. The second-order valence-corrected chi connectivity index (χ2v) is 6.32. The van der Waals surface area contributed by atoms with Crippen LogP contribution in [-0.4, -0.2) is 24.9 Å². The number of amides is 1. The van der Waals surface area contributed by atoms with Gasteiger partial charge in [-0.1, -0.05) is 12.1 Å². The highest BCUT2D eigenvalue weighted by Crippen LogP contribution is 2.18. The SMILES string of the molecule is CCOc1ccc(C(C)NC(=O)CCCOc2ccc(C(C)=O)cc2)cc1. The van der Waals surface area contributed by atoms with Gasteiger partial charge in [-0.05, 0) is 69.2 Å². The first-order valence-corrected chi connectivity index (χ1v) is 9.25.